The average Bonchev–Trinajstić information content (AvgIpc) is 2.95. The highest BCUT2D eigenvalue weighted by Gasteiger charge is 2.31. The number of ether oxygens (including phenoxy) is 2. The summed E-state index contributed by atoms with van der Waals surface area (Å²) in [6.07, 6.45) is 2.27. The van der Waals surface area contributed by atoms with Gasteiger partial charge in [0, 0.05) is 24.7 Å². The number of nitrogen functional groups attached to an aromatic ring is 1. The summed E-state index contributed by atoms with van der Waals surface area (Å²) < 4.78 is 10.7. The fraction of sp³-hybridized carbons (Fsp3) is 0.350. The van der Waals surface area contributed by atoms with Gasteiger partial charge in [0.05, 0.1) is 14.2 Å². The molecule has 1 aliphatic heterocycles. The molecule has 0 aliphatic carbocycles. The number of rotatable bonds is 6. The molecular weight excluding hydrogens is 316 g/mol. The van der Waals surface area contributed by atoms with Crippen LogP contribution in [0, 0.1) is 0 Å². The zero-order valence-electron chi connectivity index (χ0n) is 14.7. The van der Waals surface area contributed by atoms with Gasteiger partial charge in [0.15, 0.2) is 11.5 Å². The molecule has 0 saturated carbocycles. The van der Waals surface area contributed by atoms with Crippen LogP contribution < -0.4 is 15.2 Å². The Morgan fingerprint density at radius 1 is 1.08 bits per heavy atom. The molecule has 0 aromatic heterocycles. The smallest absolute Gasteiger partial charge is 0.223 e. The Bertz CT molecular complexity index is 760. The Balaban J connectivity index is 1.75. The third-order valence-electron chi connectivity index (χ3n) is 4.68. The van der Waals surface area contributed by atoms with Crippen molar-refractivity contribution in [3.63, 3.8) is 0 Å². The van der Waals surface area contributed by atoms with Gasteiger partial charge in [-0.25, -0.2) is 0 Å². The minimum Gasteiger partial charge on any atom is -0.493 e. The highest BCUT2D eigenvalue weighted by molar-refractivity contribution is 5.78. The third-order valence-corrected chi connectivity index (χ3v) is 4.68. The molecule has 1 fully saturated rings. The van der Waals surface area contributed by atoms with Crippen LogP contribution in [0.15, 0.2) is 42.5 Å². The standard InChI is InChI=1S/C20H24N2O3/c1-24-18-8-6-14(12-19(18)25-2)11-17-7-9-20(23)22(17)13-15-4-3-5-16(21)10-15/h3-6,8,10,12,17H,7,9,11,13,21H2,1-2H3/t17-/m0/s1. The summed E-state index contributed by atoms with van der Waals surface area (Å²) in [5.74, 6) is 1.63. The van der Waals surface area contributed by atoms with Crippen molar-refractivity contribution in [1.29, 1.82) is 0 Å². The molecule has 1 aliphatic rings. The molecule has 0 radical (unpaired) electrons. The minimum atomic E-state index is 0.187. The molecule has 25 heavy (non-hydrogen) atoms. The number of nitrogens with zero attached hydrogens (tertiary/aromatic N) is 1. The van der Waals surface area contributed by atoms with Crippen molar-refractivity contribution in [1.82, 2.24) is 4.90 Å². The van der Waals surface area contributed by atoms with Gasteiger partial charge in [0.2, 0.25) is 5.91 Å². The minimum absolute atomic E-state index is 0.187. The molecular formula is C20H24N2O3. The van der Waals surface area contributed by atoms with Crippen LogP contribution >= 0.6 is 0 Å². The van der Waals surface area contributed by atoms with Gasteiger partial charge < -0.3 is 20.1 Å². The van der Waals surface area contributed by atoms with Crippen LogP contribution in [0.3, 0.4) is 0 Å². The molecule has 2 N–H and O–H groups in total. The van der Waals surface area contributed by atoms with Crippen molar-refractivity contribution in [2.24, 2.45) is 0 Å². The number of likely N-dealkylation sites (tertiary alicyclic amines) is 1. The van der Waals surface area contributed by atoms with Gasteiger partial charge in [-0.1, -0.05) is 18.2 Å². The van der Waals surface area contributed by atoms with Gasteiger partial charge in [0.25, 0.3) is 0 Å². The van der Waals surface area contributed by atoms with E-state index in [2.05, 4.69) is 0 Å². The maximum absolute atomic E-state index is 12.3. The predicted octanol–water partition coefficient (Wildman–Crippen LogP) is 3.02. The van der Waals surface area contributed by atoms with E-state index in [1.54, 1.807) is 14.2 Å². The lowest BCUT2D eigenvalue weighted by Crippen LogP contribution is -2.33. The summed E-state index contributed by atoms with van der Waals surface area (Å²) in [5.41, 5.74) is 8.78. The first-order chi connectivity index (χ1) is 12.1. The fourth-order valence-electron chi connectivity index (χ4n) is 3.39. The van der Waals surface area contributed by atoms with Crippen molar-refractivity contribution in [2.45, 2.75) is 31.8 Å². The number of methoxy groups -OCH3 is 2. The van der Waals surface area contributed by atoms with Gasteiger partial charge in [-0.3, -0.25) is 4.79 Å². The van der Waals surface area contributed by atoms with Gasteiger partial charge in [-0.2, -0.15) is 0 Å². The van der Waals surface area contributed by atoms with E-state index in [1.165, 1.54) is 0 Å². The van der Waals surface area contributed by atoms with Gasteiger partial charge in [-0.15, -0.1) is 0 Å². The Kier molecular flexibility index (Phi) is 5.12. The van der Waals surface area contributed by atoms with Gasteiger partial charge in [-0.05, 0) is 48.2 Å². The molecule has 3 rings (SSSR count). The van der Waals surface area contributed by atoms with E-state index in [9.17, 15) is 4.79 Å². The lowest BCUT2D eigenvalue weighted by Gasteiger charge is -2.25. The van der Waals surface area contributed by atoms with E-state index in [0.29, 0.717) is 24.5 Å². The van der Waals surface area contributed by atoms with E-state index < -0.39 is 0 Å². The number of amides is 1. The van der Waals surface area contributed by atoms with Crippen LogP contribution in [0.2, 0.25) is 0 Å². The van der Waals surface area contributed by atoms with Crippen molar-refractivity contribution in [2.75, 3.05) is 20.0 Å². The second-order valence-corrected chi connectivity index (χ2v) is 6.35. The lowest BCUT2D eigenvalue weighted by molar-refractivity contribution is -0.129. The number of hydrogen-bond donors (Lipinski definition) is 1. The topological polar surface area (TPSA) is 64.8 Å². The fourth-order valence-corrected chi connectivity index (χ4v) is 3.39. The van der Waals surface area contributed by atoms with E-state index >= 15 is 0 Å². The average molecular weight is 340 g/mol. The number of nitrogens with two attached hydrogens (primary N) is 1. The molecule has 5 heteroatoms. The molecule has 2 aromatic carbocycles. The van der Waals surface area contributed by atoms with Crippen LogP contribution in [0.25, 0.3) is 0 Å². The normalized spacial score (nSPS) is 17.0. The van der Waals surface area contributed by atoms with Crippen molar-refractivity contribution < 1.29 is 14.3 Å². The molecule has 132 valence electrons. The Hall–Kier alpha value is -2.69. The zero-order chi connectivity index (χ0) is 17.8. The van der Waals surface area contributed by atoms with E-state index in [4.69, 9.17) is 15.2 Å². The molecule has 0 bridgehead atoms. The SMILES string of the molecule is COc1ccc(C[C@@H]2CCC(=O)N2Cc2cccc(N)c2)cc1OC. The van der Waals surface area contributed by atoms with Gasteiger partial charge in [0.1, 0.15) is 0 Å². The second-order valence-electron chi connectivity index (χ2n) is 6.35. The lowest BCUT2D eigenvalue weighted by atomic mass is 10.0. The maximum atomic E-state index is 12.3. The van der Waals surface area contributed by atoms with Crippen molar-refractivity contribution >= 4 is 11.6 Å². The Labute approximate surface area is 148 Å². The second kappa shape index (κ2) is 7.47. The number of anilines is 1. The number of benzene rings is 2. The van der Waals surface area contributed by atoms with Crippen molar-refractivity contribution in [3.8, 4) is 11.5 Å². The number of carbonyl (C=O) groups excluding carboxylic acids is 1. The summed E-state index contributed by atoms with van der Waals surface area (Å²) in [7, 11) is 3.26. The first-order valence-corrected chi connectivity index (χ1v) is 8.45. The van der Waals surface area contributed by atoms with Crippen LogP contribution in [-0.4, -0.2) is 31.1 Å². The maximum Gasteiger partial charge on any atom is 0.223 e. The van der Waals surface area contributed by atoms with E-state index in [1.807, 2.05) is 47.4 Å². The molecule has 5 nitrogen and oxygen atoms in total. The quantitative estimate of drug-likeness (QED) is 0.821. The van der Waals surface area contributed by atoms with Gasteiger partial charge >= 0.3 is 0 Å². The van der Waals surface area contributed by atoms with Crippen LogP contribution in [-0.2, 0) is 17.8 Å². The Morgan fingerprint density at radius 3 is 2.60 bits per heavy atom. The summed E-state index contributed by atoms with van der Waals surface area (Å²) in [5, 5.41) is 0. The molecule has 2 aromatic rings. The van der Waals surface area contributed by atoms with Crippen LogP contribution in [0.4, 0.5) is 5.69 Å². The summed E-state index contributed by atoms with van der Waals surface area (Å²) in [6.45, 7) is 0.599. The first-order valence-electron chi connectivity index (χ1n) is 8.45. The highest BCUT2D eigenvalue weighted by atomic mass is 16.5. The van der Waals surface area contributed by atoms with Crippen molar-refractivity contribution in [3.05, 3.63) is 53.6 Å². The van der Waals surface area contributed by atoms with Crippen LogP contribution in [0.1, 0.15) is 24.0 Å². The number of hydrogen-bond acceptors (Lipinski definition) is 4. The third kappa shape index (κ3) is 3.87. The first kappa shape index (κ1) is 17.1. The molecule has 0 spiro atoms. The zero-order valence-corrected chi connectivity index (χ0v) is 14.7. The molecule has 1 amide bonds. The Morgan fingerprint density at radius 2 is 1.88 bits per heavy atom. The predicted molar refractivity (Wildman–Crippen MR) is 97.7 cm³/mol. The monoisotopic (exact) mass is 340 g/mol. The molecule has 0 unspecified atom stereocenters. The summed E-state index contributed by atoms with van der Waals surface area (Å²) in [4.78, 5) is 14.3. The van der Waals surface area contributed by atoms with E-state index in [-0.39, 0.29) is 11.9 Å². The molecule has 1 saturated heterocycles. The summed E-state index contributed by atoms with van der Waals surface area (Å²) in [6, 6.07) is 13.8. The highest BCUT2D eigenvalue weighted by Crippen LogP contribution is 2.30. The largest absolute Gasteiger partial charge is 0.493 e. The molecule has 1 atom stereocenters. The van der Waals surface area contributed by atoms with E-state index in [0.717, 1.165) is 29.7 Å². The number of carbonyl (C=O) groups is 1. The summed E-state index contributed by atoms with van der Waals surface area (Å²) >= 11 is 0. The van der Waals surface area contributed by atoms with Crippen LogP contribution in [0.5, 0.6) is 11.5 Å². The molecule has 1 heterocycles.